The predicted octanol–water partition coefficient (Wildman–Crippen LogP) is 4.37. The van der Waals surface area contributed by atoms with E-state index in [1.54, 1.807) is 17.0 Å². The zero-order chi connectivity index (χ0) is 25.8. The van der Waals surface area contributed by atoms with E-state index in [9.17, 15) is 26.4 Å². The monoisotopic (exact) mass is 523 g/mol. The number of aryl methyl sites for hydroxylation is 1. The maximum Gasteiger partial charge on any atom is 0.393 e. The molecule has 2 aliphatic rings. The predicted molar refractivity (Wildman–Crippen MR) is 132 cm³/mol. The summed E-state index contributed by atoms with van der Waals surface area (Å²) in [6.07, 6.45) is -1.38. The number of nitrogens with zero attached hydrogens (tertiary/aromatic N) is 2. The molecule has 2 heterocycles. The fourth-order valence-corrected chi connectivity index (χ4v) is 6.46. The molecule has 2 atom stereocenters. The van der Waals surface area contributed by atoms with Crippen LogP contribution in [0.3, 0.4) is 0 Å². The van der Waals surface area contributed by atoms with Crippen LogP contribution in [0.5, 0.6) is 0 Å². The average Bonchev–Trinajstić information content (AvgIpc) is 2.88. The molecule has 0 aliphatic carbocycles. The Labute approximate surface area is 210 Å². The number of nitrogens with one attached hydrogen (secondary N) is 1. The Morgan fingerprint density at radius 2 is 1.64 bits per heavy atom. The molecule has 0 saturated carbocycles. The first kappa shape index (κ1) is 26.5. The summed E-state index contributed by atoms with van der Waals surface area (Å²) in [6.45, 7) is 0.949. The van der Waals surface area contributed by atoms with Gasteiger partial charge in [-0.25, -0.2) is 8.42 Å². The number of alkyl halides is 3. The van der Waals surface area contributed by atoms with Crippen molar-refractivity contribution in [1.82, 2.24) is 9.62 Å². The van der Waals surface area contributed by atoms with Gasteiger partial charge in [0.25, 0.3) is 0 Å². The Hall–Kier alpha value is -2.59. The van der Waals surface area contributed by atoms with Gasteiger partial charge in [0.05, 0.1) is 10.8 Å². The molecule has 2 unspecified atom stereocenters. The minimum Gasteiger partial charge on any atom is -0.371 e. The van der Waals surface area contributed by atoms with Gasteiger partial charge in [-0.3, -0.25) is 4.79 Å². The van der Waals surface area contributed by atoms with Gasteiger partial charge < -0.3 is 10.2 Å². The SMILES string of the molecule is O=C(CCc1ccccc1)NC1CCCN(S(=O)(=O)c2ccc(N3CCCC(C(F)(F)F)C3)cc2)C1. The number of anilines is 1. The number of carbonyl (C=O) groups excluding carboxylic acids is 1. The second-order valence-electron chi connectivity index (χ2n) is 9.58. The third kappa shape index (κ3) is 6.59. The molecule has 2 aromatic carbocycles. The number of piperidine rings is 2. The first-order valence-corrected chi connectivity index (χ1v) is 13.8. The molecule has 4 rings (SSSR count). The molecule has 0 bridgehead atoms. The van der Waals surface area contributed by atoms with Crippen molar-refractivity contribution in [2.24, 2.45) is 5.92 Å². The third-order valence-electron chi connectivity index (χ3n) is 6.96. The molecule has 0 spiro atoms. The van der Waals surface area contributed by atoms with Gasteiger partial charge in [0, 0.05) is 44.3 Å². The van der Waals surface area contributed by atoms with Gasteiger partial charge in [0.2, 0.25) is 15.9 Å². The van der Waals surface area contributed by atoms with Crippen LogP contribution < -0.4 is 10.2 Å². The standard InChI is InChI=1S/C26H32F3N3O3S/c27-26(28,29)21-8-4-16-31(18-21)23-11-13-24(14-12-23)36(34,35)32-17-5-9-22(19-32)30-25(33)15-10-20-6-2-1-3-7-20/h1-3,6-7,11-14,21-22H,4-5,8-10,15-19H2,(H,30,33). The summed E-state index contributed by atoms with van der Waals surface area (Å²) in [5.41, 5.74) is 1.66. The number of hydrogen-bond donors (Lipinski definition) is 1. The van der Waals surface area contributed by atoms with E-state index in [2.05, 4.69) is 5.32 Å². The highest BCUT2D eigenvalue weighted by Crippen LogP contribution is 2.35. The third-order valence-corrected chi connectivity index (χ3v) is 8.84. The molecule has 10 heteroatoms. The van der Waals surface area contributed by atoms with Crippen molar-refractivity contribution in [2.75, 3.05) is 31.1 Å². The number of halogens is 3. The zero-order valence-corrected chi connectivity index (χ0v) is 20.9. The summed E-state index contributed by atoms with van der Waals surface area (Å²) < 4.78 is 67.3. The van der Waals surface area contributed by atoms with E-state index in [0.717, 1.165) is 5.56 Å². The van der Waals surface area contributed by atoms with E-state index in [-0.39, 0.29) is 36.4 Å². The molecular formula is C26H32F3N3O3S. The second-order valence-corrected chi connectivity index (χ2v) is 11.5. The Bertz CT molecular complexity index is 1120. The Balaban J connectivity index is 1.35. The lowest BCUT2D eigenvalue weighted by molar-refractivity contribution is -0.176. The molecule has 2 saturated heterocycles. The van der Waals surface area contributed by atoms with Gasteiger partial charge in [-0.2, -0.15) is 17.5 Å². The van der Waals surface area contributed by atoms with E-state index in [0.29, 0.717) is 50.9 Å². The maximum absolute atomic E-state index is 13.3. The maximum atomic E-state index is 13.3. The molecular weight excluding hydrogens is 491 g/mol. The van der Waals surface area contributed by atoms with Gasteiger partial charge in [0.15, 0.2) is 0 Å². The summed E-state index contributed by atoms with van der Waals surface area (Å²) in [6, 6.07) is 15.5. The number of benzene rings is 2. The number of rotatable bonds is 7. The van der Waals surface area contributed by atoms with Crippen LogP contribution in [0, 0.1) is 5.92 Å². The normalized spacial score (nSPS) is 21.8. The second kappa shape index (κ2) is 11.2. The van der Waals surface area contributed by atoms with Crippen LogP contribution >= 0.6 is 0 Å². The van der Waals surface area contributed by atoms with Crippen molar-refractivity contribution in [3.8, 4) is 0 Å². The Morgan fingerprint density at radius 1 is 0.944 bits per heavy atom. The molecule has 36 heavy (non-hydrogen) atoms. The fraction of sp³-hybridized carbons (Fsp3) is 0.500. The largest absolute Gasteiger partial charge is 0.393 e. The lowest BCUT2D eigenvalue weighted by Gasteiger charge is -2.35. The van der Waals surface area contributed by atoms with Crippen LogP contribution in [0.2, 0.25) is 0 Å². The molecule has 0 radical (unpaired) electrons. The first-order chi connectivity index (χ1) is 17.1. The number of sulfonamides is 1. The minimum atomic E-state index is -4.23. The molecule has 2 aliphatic heterocycles. The van der Waals surface area contributed by atoms with Crippen LogP contribution in [0.1, 0.15) is 37.7 Å². The van der Waals surface area contributed by atoms with Gasteiger partial charge in [-0.15, -0.1) is 0 Å². The average molecular weight is 524 g/mol. The number of amides is 1. The van der Waals surface area contributed by atoms with Gasteiger partial charge in [-0.05, 0) is 61.9 Å². The van der Waals surface area contributed by atoms with Crippen LogP contribution in [-0.4, -0.2) is 57.0 Å². The van der Waals surface area contributed by atoms with Gasteiger partial charge in [-0.1, -0.05) is 30.3 Å². The summed E-state index contributed by atoms with van der Waals surface area (Å²) in [7, 11) is -3.78. The molecule has 0 aromatic heterocycles. The zero-order valence-electron chi connectivity index (χ0n) is 20.1. The van der Waals surface area contributed by atoms with Crippen LogP contribution in [-0.2, 0) is 21.2 Å². The topological polar surface area (TPSA) is 69.7 Å². The highest BCUT2D eigenvalue weighted by atomic mass is 32.2. The Kier molecular flexibility index (Phi) is 8.24. The fourth-order valence-electron chi connectivity index (χ4n) is 4.94. The molecule has 6 nitrogen and oxygen atoms in total. The summed E-state index contributed by atoms with van der Waals surface area (Å²) in [5.74, 6) is -1.48. The van der Waals surface area contributed by atoms with Crippen molar-refractivity contribution in [1.29, 1.82) is 0 Å². The number of carbonyl (C=O) groups is 1. The van der Waals surface area contributed by atoms with E-state index in [4.69, 9.17) is 0 Å². The first-order valence-electron chi connectivity index (χ1n) is 12.4. The molecule has 196 valence electrons. The lowest BCUT2D eigenvalue weighted by atomic mass is 9.97. The van der Waals surface area contributed by atoms with Crippen LogP contribution in [0.25, 0.3) is 0 Å². The van der Waals surface area contributed by atoms with E-state index < -0.39 is 22.1 Å². The highest BCUT2D eigenvalue weighted by molar-refractivity contribution is 7.89. The van der Waals surface area contributed by atoms with E-state index >= 15 is 0 Å². The summed E-state index contributed by atoms with van der Waals surface area (Å²) in [4.78, 5) is 14.2. The van der Waals surface area contributed by atoms with Crippen molar-refractivity contribution in [3.63, 3.8) is 0 Å². The van der Waals surface area contributed by atoms with Crippen molar-refractivity contribution >= 4 is 21.6 Å². The summed E-state index contributed by atoms with van der Waals surface area (Å²) >= 11 is 0. The Morgan fingerprint density at radius 3 is 2.33 bits per heavy atom. The van der Waals surface area contributed by atoms with Gasteiger partial charge in [0.1, 0.15) is 0 Å². The summed E-state index contributed by atoms with van der Waals surface area (Å²) in [5, 5.41) is 2.97. The van der Waals surface area contributed by atoms with Crippen LogP contribution in [0.15, 0.2) is 59.5 Å². The van der Waals surface area contributed by atoms with E-state index in [1.165, 1.54) is 16.4 Å². The molecule has 1 amide bonds. The molecule has 2 aromatic rings. The van der Waals surface area contributed by atoms with Gasteiger partial charge >= 0.3 is 6.18 Å². The lowest BCUT2D eigenvalue weighted by Crippen LogP contribution is -2.49. The van der Waals surface area contributed by atoms with Crippen molar-refractivity contribution in [3.05, 3.63) is 60.2 Å². The molecule has 1 N–H and O–H groups in total. The highest BCUT2D eigenvalue weighted by Gasteiger charge is 2.42. The minimum absolute atomic E-state index is 0.103. The smallest absolute Gasteiger partial charge is 0.371 e. The molecule has 2 fully saturated rings. The van der Waals surface area contributed by atoms with Crippen molar-refractivity contribution < 1.29 is 26.4 Å². The quantitative estimate of drug-likeness (QED) is 0.585. The van der Waals surface area contributed by atoms with Crippen LogP contribution in [0.4, 0.5) is 18.9 Å². The van der Waals surface area contributed by atoms with Crippen molar-refractivity contribution in [2.45, 2.75) is 55.6 Å². The van der Waals surface area contributed by atoms with E-state index in [1.807, 2.05) is 30.3 Å². The number of hydrogen-bond acceptors (Lipinski definition) is 4.